The normalized spacial score (nSPS) is 29.7. The topological polar surface area (TPSA) is 70.1 Å². The summed E-state index contributed by atoms with van der Waals surface area (Å²) in [4.78, 5) is 26.9. The van der Waals surface area contributed by atoms with E-state index in [4.69, 9.17) is 9.84 Å². The molecule has 0 saturated carbocycles. The highest BCUT2D eigenvalue weighted by Crippen LogP contribution is 2.27. The van der Waals surface area contributed by atoms with Crippen molar-refractivity contribution in [3.05, 3.63) is 0 Å². The fourth-order valence-electron chi connectivity index (χ4n) is 3.31. The summed E-state index contributed by atoms with van der Waals surface area (Å²) in [5.74, 6) is -0.435. The predicted octanol–water partition coefficient (Wildman–Crippen LogP) is 1.79. The molecule has 1 N–H and O–H groups in total. The summed E-state index contributed by atoms with van der Waals surface area (Å²) in [7, 11) is 1.70. The molecule has 2 rings (SSSR count). The van der Waals surface area contributed by atoms with Crippen molar-refractivity contribution in [3.63, 3.8) is 0 Å². The molecule has 120 valence electrons. The van der Waals surface area contributed by atoms with Crippen LogP contribution in [-0.4, -0.2) is 65.8 Å². The monoisotopic (exact) mass is 298 g/mol. The van der Waals surface area contributed by atoms with Crippen LogP contribution < -0.4 is 0 Å². The molecular formula is C15H26N2O4. The van der Waals surface area contributed by atoms with E-state index in [2.05, 4.69) is 0 Å². The molecule has 2 heterocycles. The average molecular weight is 298 g/mol. The Bertz CT molecular complexity index is 401. The average Bonchev–Trinajstić information content (AvgIpc) is 2.93. The first-order chi connectivity index (χ1) is 9.93. The number of hydrogen-bond donors (Lipinski definition) is 1. The maximum absolute atomic E-state index is 12.6. The third kappa shape index (κ3) is 4.09. The summed E-state index contributed by atoms with van der Waals surface area (Å²) < 4.78 is 5.53. The van der Waals surface area contributed by atoms with Crippen LogP contribution in [0.5, 0.6) is 0 Å². The lowest BCUT2D eigenvalue weighted by Crippen LogP contribution is -2.53. The Hall–Kier alpha value is -1.30. The van der Waals surface area contributed by atoms with Gasteiger partial charge >= 0.3 is 12.0 Å². The zero-order chi connectivity index (χ0) is 15.5. The van der Waals surface area contributed by atoms with Crippen molar-refractivity contribution in [2.45, 2.75) is 44.6 Å². The van der Waals surface area contributed by atoms with E-state index in [0.29, 0.717) is 25.4 Å². The van der Waals surface area contributed by atoms with Crippen LogP contribution >= 0.6 is 0 Å². The van der Waals surface area contributed by atoms with Gasteiger partial charge in [0.25, 0.3) is 0 Å². The Balaban J connectivity index is 1.85. The number of ether oxygens (including phenoxy) is 1. The van der Waals surface area contributed by atoms with Crippen molar-refractivity contribution in [3.8, 4) is 0 Å². The van der Waals surface area contributed by atoms with Gasteiger partial charge in [0.15, 0.2) is 0 Å². The van der Waals surface area contributed by atoms with Crippen molar-refractivity contribution < 1.29 is 19.4 Å². The summed E-state index contributed by atoms with van der Waals surface area (Å²) in [5, 5.41) is 8.73. The van der Waals surface area contributed by atoms with E-state index in [-0.39, 0.29) is 18.1 Å². The molecule has 0 aromatic heterocycles. The van der Waals surface area contributed by atoms with Gasteiger partial charge in [-0.1, -0.05) is 0 Å². The molecule has 2 aliphatic heterocycles. The zero-order valence-electron chi connectivity index (χ0n) is 13.0. The number of likely N-dealkylation sites (tertiary alicyclic amines) is 2. The molecule has 0 aromatic carbocycles. The molecule has 6 nitrogen and oxygen atoms in total. The Labute approximate surface area is 126 Å². The van der Waals surface area contributed by atoms with Gasteiger partial charge in [-0.25, -0.2) is 4.79 Å². The van der Waals surface area contributed by atoms with E-state index >= 15 is 0 Å². The lowest BCUT2D eigenvalue weighted by molar-refractivity contribution is -0.137. The van der Waals surface area contributed by atoms with Crippen LogP contribution in [0.25, 0.3) is 0 Å². The lowest BCUT2D eigenvalue weighted by atomic mass is 9.95. The van der Waals surface area contributed by atoms with Crippen molar-refractivity contribution >= 4 is 12.0 Å². The van der Waals surface area contributed by atoms with E-state index in [1.54, 1.807) is 7.11 Å². The number of amides is 2. The highest BCUT2D eigenvalue weighted by atomic mass is 16.5. The lowest BCUT2D eigenvalue weighted by Gasteiger charge is -2.40. The first-order valence-electron chi connectivity index (χ1n) is 7.74. The minimum atomic E-state index is -0.758. The Morgan fingerprint density at radius 3 is 2.76 bits per heavy atom. The number of carbonyl (C=O) groups is 2. The number of urea groups is 1. The van der Waals surface area contributed by atoms with Crippen LogP contribution in [0.3, 0.4) is 0 Å². The molecule has 2 amide bonds. The van der Waals surface area contributed by atoms with Crippen molar-refractivity contribution in [2.24, 2.45) is 5.92 Å². The minimum Gasteiger partial charge on any atom is -0.481 e. The number of carbonyl (C=O) groups excluding carboxylic acids is 1. The first kappa shape index (κ1) is 16.1. The van der Waals surface area contributed by atoms with Crippen molar-refractivity contribution in [2.75, 3.05) is 33.3 Å². The van der Waals surface area contributed by atoms with Crippen LogP contribution in [0, 0.1) is 5.92 Å². The molecule has 0 radical (unpaired) electrons. The largest absolute Gasteiger partial charge is 0.481 e. The molecule has 21 heavy (non-hydrogen) atoms. The molecule has 0 aliphatic carbocycles. The third-order valence-corrected chi connectivity index (χ3v) is 4.75. The van der Waals surface area contributed by atoms with Crippen LogP contribution in [0.4, 0.5) is 4.79 Å². The summed E-state index contributed by atoms with van der Waals surface area (Å²) in [6.45, 7) is 4.90. The van der Waals surface area contributed by atoms with Gasteiger partial charge in [-0.15, -0.1) is 0 Å². The zero-order valence-corrected chi connectivity index (χ0v) is 13.0. The van der Waals surface area contributed by atoms with Crippen LogP contribution in [0.15, 0.2) is 0 Å². The number of carboxylic acids is 1. The summed E-state index contributed by atoms with van der Waals surface area (Å²) in [6.07, 6.45) is 3.71. The molecule has 0 aromatic rings. The number of aliphatic carboxylic acids is 1. The predicted molar refractivity (Wildman–Crippen MR) is 78.2 cm³/mol. The van der Waals surface area contributed by atoms with Crippen LogP contribution in [0.2, 0.25) is 0 Å². The molecule has 0 spiro atoms. The van der Waals surface area contributed by atoms with E-state index in [0.717, 1.165) is 32.4 Å². The molecule has 2 saturated heterocycles. The number of piperidine rings is 1. The highest BCUT2D eigenvalue weighted by Gasteiger charge is 2.36. The second-order valence-corrected chi connectivity index (χ2v) is 6.49. The Kier molecular flexibility index (Phi) is 5.08. The molecule has 0 bridgehead atoms. The quantitative estimate of drug-likeness (QED) is 0.859. The third-order valence-electron chi connectivity index (χ3n) is 4.75. The Morgan fingerprint density at radius 2 is 2.10 bits per heavy atom. The fraction of sp³-hybridized carbons (Fsp3) is 0.867. The summed E-state index contributed by atoms with van der Waals surface area (Å²) in [5.41, 5.74) is -0.240. The van der Waals surface area contributed by atoms with Crippen LogP contribution in [0.1, 0.15) is 39.0 Å². The van der Waals surface area contributed by atoms with Crippen molar-refractivity contribution in [1.29, 1.82) is 0 Å². The minimum absolute atomic E-state index is 0.0794. The number of methoxy groups -OCH3 is 1. The Morgan fingerprint density at radius 1 is 1.33 bits per heavy atom. The first-order valence-corrected chi connectivity index (χ1v) is 7.74. The number of carboxylic acid groups (broad SMARTS) is 1. The van der Waals surface area contributed by atoms with Gasteiger partial charge < -0.3 is 19.6 Å². The smallest absolute Gasteiger partial charge is 0.320 e. The molecule has 2 fully saturated rings. The van der Waals surface area contributed by atoms with Gasteiger partial charge in [-0.3, -0.25) is 4.79 Å². The maximum atomic E-state index is 12.6. The molecule has 6 heteroatoms. The van der Waals surface area contributed by atoms with Gasteiger partial charge in [0.2, 0.25) is 0 Å². The molecule has 2 unspecified atom stereocenters. The number of nitrogens with zero attached hydrogens (tertiary/aromatic N) is 2. The number of hydrogen-bond acceptors (Lipinski definition) is 3. The highest BCUT2D eigenvalue weighted by molar-refractivity contribution is 5.75. The molecular weight excluding hydrogens is 272 g/mol. The standard InChI is InChI=1S/C15H26N2O4/c1-15(21-2)7-3-8-17(11-15)14(20)16-9-6-12(10-16)4-5-13(18)19/h12H,3-11H2,1-2H3,(H,18,19). The van der Waals surface area contributed by atoms with E-state index < -0.39 is 5.97 Å². The van der Waals surface area contributed by atoms with E-state index in [1.807, 2.05) is 16.7 Å². The molecule has 2 atom stereocenters. The maximum Gasteiger partial charge on any atom is 0.320 e. The second kappa shape index (κ2) is 6.64. The van der Waals surface area contributed by atoms with Gasteiger partial charge in [-0.05, 0) is 38.5 Å². The van der Waals surface area contributed by atoms with Gasteiger partial charge in [0, 0.05) is 33.2 Å². The summed E-state index contributed by atoms with van der Waals surface area (Å²) >= 11 is 0. The van der Waals surface area contributed by atoms with Gasteiger partial charge in [0.05, 0.1) is 12.1 Å². The number of rotatable bonds is 4. The van der Waals surface area contributed by atoms with Crippen LogP contribution in [-0.2, 0) is 9.53 Å². The fourth-order valence-corrected chi connectivity index (χ4v) is 3.31. The second-order valence-electron chi connectivity index (χ2n) is 6.49. The van der Waals surface area contributed by atoms with Crippen molar-refractivity contribution in [1.82, 2.24) is 9.80 Å². The SMILES string of the molecule is COC1(C)CCCN(C(=O)N2CCC(CCC(=O)O)C2)C1. The summed E-state index contributed by atoms with van der Waals surface area (Å²) in [6, 6.07) is 0.0794. The van der Waals surface area contributed by atoms with Gasteiger partial charge in [0.1, 0.15) is 0 Å². The van der Waals surface area contributed by atoms with Gasteiger partial charge in [-0.2, -0.15) is 0 Å². The van der Waals surface area contributed by atoms with E-state index in [9.17, 15) is 9.59 Å². The van der Waals surface area contributed by atoms with E-state index in [1.165, 1.54) is 0 Å². The molecule has 2 aliphatic rings.